The highest BCUT2D eigenvalue weighted by atomic mass is 16.5. The fourth-order valence-electron chi connectivity index (χ4n) is 6.04. The summed E-state index contributed by atoms with van der Waals surface area (Å²) < 4.78 is 5.52. The molecule has 0 aliphatic heterocycles. The maximum Gasteiger partial charge on any atom is 0.339 e. The molecule has 2 saturated carbocycles. The summed E-state index contributed by atoms with van der Waals surface area (Å²) in [7, 11) is 0. The summed E-state index contributed by atoms with van der Waals surface area (Å²) in [5.41, 5.74) is 2.63. The zero-order valence-electron chi connectivity index (χ0n) is 23.1. The Morgan fingerprint density at radius 2 is 1.65 bits per heavy atom. The molecule has 2 unspecified atom stereocenters. The molecular formula is C33H44O4. The van der Waals surface area contributed by atoms with E-state index in [1.165, 1.54) is 43.2 Å². The first kappa shape index (κ1) is 28.7. The number of hydrogen-bond donors (Lipinski definition) is 1. The Hall–Kier alpha value is -2.88. The fourth-order valence-corrected chi connectivity index (χ4v) is 6.04. The summed E-state index contributed by atoms with van der Waals surface area (Å²) in [6.07, 6.45) is 12.5. The van der Waals surface area contributed by atoms with Crippen LogP contribution >= 0.6 is 0 Å². The van der Waals surface area contributed by atoms with Crippen molar-refractivity contribution in [2.75, 3.05) is 6.61 Å². The molecule has 2 aliphatic carbocycles. The third-order valence-electron chi connectivity index (χ3n) is 8.55. The van der Waals surface area contributed by atoms with Crippen molar-refractivity contribution in [3.63, 3.8) is 0 Å². The van der Waals surface area contributed by atoms with Gasteiger partial charge in [-0.2, -0.15) is 0 Å². The number of ketones is 1. The van der Waals surface area contributed by atoms with Crippen LogP contribution < -0.4 is 4.74 Å². The van der Waals surface area contributed by atoms with Gasteiger partial charge in [-0.1, -0.05) is 101 Å². The number of allylic oxidation sites excluding steroid dienone is 2. The highest BCUT2D eigenvalue weighted by Gasteiger charge is 2.62. The molecule has 4 nitrogen and oxygen atoms in total. The van der Waals surface area contributed by atoms with E-state index in [4.69, 9.17) is 9.84 Å². The number of fused-ring (bicyclic) bond motifs is 2. The molecule has 0 saturated heterocycles. The van der Waals surface area contributed by atoms with E-state index in [-0.39, 0.29) is 16.4 Å². The van der Waals surface area contributed by atoms with Gasteiger partial charge in [0.15, 0.2) is 0 Å². The molecule has 0 aromatic heterocycles. The molecular weight excluding hydrogens is 460 g/mol. The Kier molecular flexibility index (Phi) is 10.1. The number of carboxylic acids is 1. The number of rotatable bonds is 11. The summed E-state index contributed by atoms with van der Waals surface area (Å²) in [4.78, 5) is 23.4. The summed E-state index contributed by atoms with van der Waals surface area (Å²) in [6.45, 7) is 9.50. The van der Waals surface area contributed by atoms with Gasteiger partial charge in [0.25, 0.3) is 0 Å². The normalized spacial score (nSPS) is 21.9. The zero-order chi connectivity index (χ0) is 26.9. The van der Waals surface area contributed by atoms with Crippen LogP contribution in [0, 0.1) is 16.7 Å². The third-order valence-corrected chi connectivity index (χ3v) is 8.55. The molecule has 4 rings (SSSR count). The third kappa shape index (κ3) is 6.71. The monoisotopic (exact) mass is 504 g/mol. The number of carbonyl (C=O) groups is 2. The topological polar surface area (TPSA) is 63.6 Å². The minimum Gasteiger partial charge on any atom is -0.493 e. The van der Waals surface area contributed by atoms with E-state index in [0.717, 1.165) is 25.7 Å². The minimum absolute atomic E-state index is 0.125. The number of carbonyl (C=O) groups excluding carboxylic acids is 1. The molecule has 4 heteroatoms. The number of ether oxygens (including phenoxy) is 1. The van der Waals surface area contributed by atoms with Crippen molar-refractivity contribution in [2.45, 2.75) is 85.5 Å². The standard InChI is InChI=1S/C18H22O.C15H22O3/c1-13(14-7-5-4-6-8-14)12-18-10-9-15(11-16(18)19)17(18,2)3;1-2-3-4-5-6-9-12-18-14-11-8-7-10-13(14)15(16)17/h4-8,12,15H,9-11H2,1-3H3;7-8,10-11H,2-6,9,12H2,1H3,(H,16,17). The maximum absolute atomic E-state index is 12.5. The average molecular weight is 505 g/mol. The summed E-state index contributed by atoms with van der Waals surface area (Å²) in [5.74, 6) is 0.580. The fraction of sp³-hybridized carbons (Fsp3) is 0.515. The SMILES string of the molecule is CC(=CC12CCC(CC1=O)C2(C)C)c1ccccc1.CCCCCCCCOc1ccccc1C(=O)O. The lowest BCUT2D eigenvalue weighted by atomic mass is 9.68. The molecule has 0 heterocycles. The summed E-state index contributed by atoms with van der Waals surface area (Å²) >= 11 is 0. The van der Waals surface area contributed by atoms with E-state index < -0.39 is 5.97 Å². The van der Waals surface area contributed by atoms with Gasteiger partial charge < -0.3 is 9.84 Å². The molecule has 2 bridgehead atoms. The highest BCUT2D eigenvalue weighted by molar-refractivity contribution is 5.93. The van der Waals surface area contributed by atoms with Crippen molar-refractivity contribution >= 4 is 17.3 Å². The summed E-state index contributed by atoms with van der Waals surface area (Å²) in [6, 6.07) is 17.2. The van der Waals surface area contributed by atoms with Crippen LogP contribution in [0.25, 0.3) is 5.57 Å². The molecule has 2 aliphatic rings. The van der Waals surface area contributed by atoms with E-state index in [9.17, 15) is 9.59 Å². The van der Waals surface area contributed by atoms with Gasteiger partial charge in [-0.3, -0.25) is 4.79 Å². The molecule has 0 amide bonds. The van der Waals surface area contributed by atoms with Gasteiger partial charge in [0.05, 0.1) is 12.0 Å². The molecule has 0 radical (unpaired) electrons. The van der Waals surface area contributed by atoms with E-state index in [1.54, 1.807) is 24.3 Å². The van der Waals surface area contributed by atoms with Crippen LogP contribution in [0.15, 0.2) is 60.7 Å². The Morgan fingerprint density at radius 1 is 1.00 bits per heavy atom. The van der Waals surface area contributed by atoms with Gasteiger partial charge in [0.2, 0.25) is 0 Å². The zero-order valence-corrected chi connectivity index (χ0v) is 23.1. The van der Waals surface area contributed by atoms with Crippen molar-refractivity contribution in [3.8, 4) is 5.75 Å². The highest BCUT2D eigenvalue weighted by Crippen LogP contribution is 2.65. The van der Waals surface area contributed by atoms with Gasteiger partial charge >= 0.3 is 5.97 Å². The van der Waals surface area contributed by atoms with Crippen molar-refractivity contribution in [1.29, 1.82) is 0 Å². The largest absolute Gasteiger partial charge is 0.493 e. The van der Waals surface area contributed by atoms with Gasteiger partial charge in [0, 0.05) is 6.42 Å². The molecule has 1 N–H and O–H groups in total. The summed E-state index contributed by atoms with van der Waals surface area (Å²) in [5, 5.41) is 8.99. The smallest absolute Gasteiger partial charge is 0.339 e. The maximum atomic E-state index is 12.5. The van der Waals surface area contributed by atoms with Crippen molar-refractivity contribution in [3.05, 3.63) is 71.8 Å². The van der Waals surface area contributed by atoms with Gasteiger partial charge in [0.1, 0.15) is 17.1 Å². The Morgan fingerprint density at radius 3 is 2.27 bits per heavy atom. The lowest BCUT2D eigenvalue weighted by molar-refractivity contribution is -0.126. The Labute approximate surface area is 223 Å². The number of benzene rings is 2. The molecule has 2 fully saturated rings. The van der Waals surface area contributed by atoms with Crippen LogP contribution in [0.4, 0.5) is 0 Å². The molecule has 2 aromatic rings. The predicted octanol–water partition coefficient (Wildman–Crippen LogP) is 8.61. The van der Waals surface area contributed by atoms with Crippen LogP contribution in [0.3, 0.4) is 0 Å². The average Bonchev–Trinajstić information content (AvgIpc) is 3.24. The quantitative estimate of drug-likeness (QED) is 0.311. The van der Waals surface area contributed by atoms with Crippen LogP contribution in [0.2, 0.25) is 0 Å². The second-order valence-electron chi connectivity index (χ2n) is 11.2. The number of unbranched alkanes of at least 4 members (excludes halogenated alkanes) is 5. The van der Waals surface area contributed by atoms with Crippen molar-refractivity contribution in [2.24, 2.45) is 16.7 Å². The Balaban J connectivity index is 0.000000206. The molecule has 0 spiro atoms. The first-order valence-electron chi connectivity index (χ1n) is 14.0. The van der Waals surface area contributed by atoms with Gasteiger partial charge in [-0.25, -0.2) is 4.79 Å². The second-order valence-corrected chi connectivity index (χ2v) is 11.2. The first-order chi connectivity index (χ1) is 17.7. The lowest BCUT2D eigenvalue weighted by Gasteiger charge is -2.34. The number of aromatic carboxylic acids is 1. The van der Waals surface area contributed by atoms with Crippen molar-refractivity contribution < 1.29 is 19.4 Å². The van der Waals surface area contributed by atoms with Gasteiger partial charge in [-0.15, -0.1) is 0 Å². The van der Waals surface area contributed by atoms with Crippen LogP contribution in [0.1, 0.15) is 101 Å². The van der Waals surface area contributed by atoms with Crippen LogP contribution in [-0.4, -0.2) is 23.5 Å². The van der Waals surface area contributed by atoms with Crippen LogP contribution in [-0.2, 0) is 4.79 Å². The first-order valence-corrected chi connectivity index (χ1v) is 14.0. The van der Waals surface area contributed by atoms with E-state index in [2.05, 4.69) is 58.0 Å². The van der Waals surface area contributed by atoms with E-state index in [0.29, 0.717) is 24.1 Å². The van der Waals surface area contributed by atoms with Crippen molar-refractivity contribution in [1.82, 2.24) is 0 Å². The minimum atomic E-state index is -0.937. The number of para-hydroxylation sites is 1. The molecule has 2 atom stereocenters. The van der Waals surface area contributed by atoms with Gasteiger partial charge in [-0.05, 0) is 60.8 Å². The number of carboxylic acid groups (broad SMARTS) is 1. The van der Waals surface area contributed by atoms with E-state index >= 15 is 0 Å². The Bertz CT molecular complexity index is 1070. The lowest BCUT2D eigenvalue weighted by Crippen LogP contribution is -2.34. The molecule has 2 aromatic carbocycles. The second kappa shape index (κ2) is 13.1. The van der Waals surface area contributed by atoms with E-state index in [1.807, 2.05) is 6.07 Å². The molecule has 37 heavy (non-hydrogen) atoms. The molecule has 200 valence electrons. The number of Topliss-reactive ketones (excluding diaryl/α,β-unsaturated/α-hetero) is 1. The van der Waals surface area contributed by atoms with Crippen LogP contribution in [0.5, 0.6) is 5.75 Å². The predicted molar refractivity (Wildman–Crippen MR) is 151 cm³/mol. The number of hydrogen-bond acceptors (Lipinski definition) is 3.